The van der Waals surface area contributed by atoms with Gasteiger partial charge in [-0.25, -0.2) is 0 Å². The standard InChI is InChI=1S/C50H59N3O5/c1-32(2)43-24-47(55-9)49(26-45(43)52-28-33(3)19-40-17-13-11-15-35(40)5)57-30-38-21-39(23-42(22-38)51-8)31-58-50-27-46(44(37(7)54)25-48(50)56-10)53-29-34(4)20-41-18-14-12-16-36(41)6/h11-18,21-27,29,33-34,51-52H,1,19-20,28,30-31H2,2-10H3/b53-29-/t33-,34-/m0/s1. The van der Waals surface area contributed by atoms with Crippen LogP contribution in [0.15, 0.2) is 103 Å². The van der Waals surface area contributed by atoms with Gasteiger partial charge in [-0.3, -0.25) is 9.79 Å². The molecule has 2 atom stereocenters. The average molecular weight is 782 g/mol. The topological polar surface area (TPSA) is 90.4 Å². The number of ketones is 1. The Kier molecular flexibility index (Phi) is 15.2. The van der Waals surface area contributed by atoms with E-state index < -0.39 is 0 Å². The largest absolute Gasteiger partial charge is 0.493 e. The van der Waals surface area contributed by atoms with Crippen LogP contribution in [-0.2, 0) is 26.1 Å². The molecule has 0 aliphatic carbocycles. The van der Waals surface area contributed by atoms with E-state index in [2.05, 4.69) is 99.5 Å². The molecule has 0 aromatic heterocycles. The highest BCUT2D eigenvalue weighted by atomic mass is 16.5. The fraction of sp³-hybridized carbons (Fsp3) is 0.320. The summed E-state index contributed by atoms with van der Waals surface area (Å²) in [5, 5.41) is 6.94. The number of hydrogen-bond donors (Lipinski definition) is 2. The van der Waals surface area contributed by atoms with Crippen molar-refractivity contribution in [1.82, 2.24) is 0 Å². The van der Waals surface area contributed by atoms with Crippen molar-refractivity contribution >= 4 is 34.6 Å². The third-order valence-corrected chi connectivity index (χ3v) is 10.3. The second kappa shape index (κ2) is 20.4. The van der Waals surface area contributed by atoms with E-state index in [1.807, 2.05) is 44.5 Å². The van der Waals surface area contributed by atoms with Crippen LogP contribution < -0.4 is 29.6 Å². The average Bonchev–Trinajstić information content (AvgIpc) is 3.21. The number of allylic oxidation sites excluding steroid dienone is 1. The highest BCUT2D eigenvalue weighted by Gasteiger charge is 2.17. The molecule has 0 bridgehead atoms. The SMILES string of the molecule is C=C(C)c1cc(OC)c(OCc2cc(COc3cc(/N=C\[C@@H](C)Cc4ccccc4C)c(C(C)=O)cc3OC)cc(NC)c2)cc1NC[C@@H](C)Cc1ccccc1C. The molecule has 0 saturated carbocycles. The Bertz CT molecular complexity index is 2240. The highest BCUT2D eigenvalue weighted by molar-refractivity contribution is 6.00. The summed E-state index contributed by atoms with van der Waals surface area (Å²) in [7, 11) is 5.11. The molecule has 0 saturated heterocycles. The number of nitrogens with zero attached hydrogens (tertiary/aromatic N) is 1. The van der Waals surface area contributed by atoms with Crippen LogP contribution >= 0.6 is 0 Å². The highest BCUT2D eigenvalue weighted by Crippen LogP contribution is 2.38. The van der Waals surface area contributed by atoms with Crippen molar-refractivity contribution in [2.45, 2.75) is 67.6 Å². The number of benzene rings is 5. The zero-order chi connectivity index (χ0) is 41.8. The van der Waals surface area contributed by atoms with Crippen molar-refractivity contribution in [1.29, 1.82) is 0 Å². The van der Waals surface area contributed by atoms with E-state index in [9.17, 15) is 4.79 Å². The van der Waals surface area contributed by atoms with Gasteiger partial charge in [-0.05, 0) is 122 Å². The molecule has 0 aliphatic heterocycles. The van der Waals surface area contributed by atoms with Gasteiger partial charge >= 0.3 is 0 Å². The molecule has 0 unspecified atom stereocenters. The Balaban J connectivity index is 1.32. The number of nitrogens with one attached hydrogen (secondary N) is 2. The van der Waals surface area contributed by atoms with Crippen LogP contribution in [0.3, 0.4) is 0 Å². The van der Waals surface area contributed by atoms with Crippen molar-refractivity contribution in [3.8, 4) is 23.0 Å². The summed E-state index contributed by atoms with van der Waals surface area (Å²) < 4.78 is 24.3. The van der Waals surface area contributed by atoms with Crippen LogP contribution in [0.5, 0.6) is 23.0 Å². The summed E-state index contributed by atoms with van der Waals surface area (Å²) in [6, 6.07) is 30.6. The monoisotopic (exact) mass is 781 g/mol. The summed E-state index contributed by atoms with van der Waals surface area (Å²) in [4.78, 5) is 17.5. The molecule has 5 aromatic carbocycles. The van der Waals surface area contributed by atoms with Gasteiger partial charge in [0.2, 0.25) is 0 Å². The number of carbonyl (C=O) groups excluding carboxylic acids is 1. The Labute approximate surface area is 345 Å². The van der Waals surface area contributed by atoms with Gasteiger partial charge in [0.15, 0.2) is 28.8 Å². The van der Waals surface area contributed by atoms with Gasteiger partial charge < -0.3 is 29.6 Å². The van der Waals surface area contributed by atoms with Crippen molar-refractivity contribution < 1.29 is 23.7 Å². The van der Waals surface area contributed by atoms with Gasteiger partial charge in [0, 0.05) is 54.4 Å². The van der Waals surface area contributed by atoms with Gasteiger partial charge in [0.1, 0.15) is 13.2 Å². The number of ether oxygens (including phenoxy) is 4. The summed E-state index contributed by atoms with van der Waals surface area (Å²) in [5.41, 5.74) is 11.9. The van der Waals surface area contributed by atoms with E-state index in [1.54, 1.807) is 26.4 Å². The number of hydrogen-bond acceptors (Lipinski definition) is 8. The molecular formula is C50H59N3O5. The Morgan fingerprint density at radius 2 is 1.29 bits per heavy atom. The van der Waals surface area contributed by atoms with E-state index in [0.717, 1.165) is 53.0 Å². The zero-order valence-electron chi connectivity index (χ0n) is 35.6. The van der Waals surface area contributed by atoms with Gasteiger partial charge in [0.05, 0.1) is 19.9 Å². The Morgan fingerprint density at radius 1 is 0.741 bits per heavy atom. The summed E-state index contributed by atoms with van der Waals surface area (Å²) in [6.45, 7) is 17.8. The maximum absolute atomic E-state index is 12.7. The third-order valence-electron chi connectivity index (χ3n) is 10.3. The number of anilines is 2. The van der Waals surface area contributed by atoms with Crippen LogP contribution in [0, 0.1) is 25.7 Å². The van der Waals surface area contributed by atoms with Crippen molar-refractivity contribution in [3.63, 3.8) is 0 Å². The number of aliphatic imine (C=N–C) groups is 1. The normalized spacial score (nSPS) is 12.2. The molecular weight excluding hydrogens is 723 g/mol. The molecule has 8 heteroatoms. The number of carbonyl (C=O) groups is 1. The molecule has 0 amide bonds. The fourth-order valence-corrected chi connectivity index (χ4v) is 6.95. The lowest BCUT2D eigenvalue weighted by Gasteiger charge is -2.20. The van der Waals surface area contributed by atoms with Crippen LogP contribution in [-0.4, -0.2) is 39.8 Å². The van der Waals surface area contributed by atoms with Gasteiger partial charge in [-0.2, -0.15) is 0 Å². The van der Waals surface area contributed by atoms with Gasteiger partial charge in [0.25, 0.3) is 0 Å². The molecule has 58 heavy (non-hydrogen) atoms. The molecule has 0 spiro atoms. The summed E-state index contributed by atoms with van der Waals surface area (Å²) in [5.74, 6) is 2.68. The minimum Gasteiger partial charge on any atom is -0.493 e. The van der Waals surface area contributed by atoms with Crippen LogP contribution in [0.1, 0.15) is 77.0 Å². The fourth-order valence-electron chi connectivity index (χ4n) is 6.95. The molecule has 304 valence electrons. The molecule has 2 N–H and O–H groups in total. The summed E-state index contributed by atoms with van der Waals surface area (Å²) in [6.07, 6.45) is 3.73. The summed E-state index contributed by atoms with van der Waals surface area (Å²) >= 11 is 0. The zero-order valence-corrected chi connectivity index (χ0v) is 35.6. The van der Waals surface area contributed by atoms with Gasteiger partial charge in [-0.1, -0.05) is 69.0 Å². The predicted octanol–water partition coefficient (Wildman–Crippen LogP) is 11.6. The lowest BCUT2D eigenvalue weighted by molar-refractivity contribution is 0.101. The van der Waals surface area contributed by atoms with Crippen LogP contribution in [0.2, 0.25) is 0 Å². The van der Waals surface area contributed by atoms with Gasteiger partial charge in [-0.15, -0.1) is 0 Å². The smallest absolute Gasteiger partial charge is 0.163 e. The Hall–Kier alpha value is -6.02. The van der Waals surface area contributed by atoms with Crippen LogP contribution in [0.25, 0.3) is 5.57 Å². The van der Waals surface area contributed by atoms with E-state index in [0.29, 0.717) is 46.8 Å². The van der Waals surface area contributed by atoms with E-state index >= 15 is 0 Å². The van der Waals surface area contributed by atoms with E-state index in [-0.39, 0.29) is 18.3 Å². The minimum atomic E-state index is -0.101. The molecule has 5 rings (SSSR count). The molecule has 0 heterocycles. The second-order valence-electron chi connectivity index (χ2n) is 15.3. The van der Waals surface area contributed by atoms with Crippen molar-refractivity contribution in [2.75, 3.05) is 38.4 Å². The Morgan fingerprint density at radius 3 is 1.83 bits per heavy atom. The number of aryl methyl sites for hydroxylation is 2. The molecule has 0 fully saturated rings. The number of methoxy groups -OCH3 is 2. The van der Waals surface area contributed by atoms with E-state index in [1.165, 1.54) is 29.2 Å². The maximum atomic E-state index is 12.7. The number of rotatable bonds is 20. The number of Topliss-reactive ketones (excluding diaryl/α,β-unsaturated/α-hetero) is 1. The first-order valence-corrected chi connectivity index (χ1v) is 19.9. The van der Waals surface area contributed by atoms with Crippen molar-refractivity contribution in [2.24, 2.45) is 16.8 Å². The molecule has 8 nitrogen and oxygen atoms in total. The first-order valence-electron chi connectivity index (χ1n) is 19.9. The maximum Gasteiger partial charge on any atom is 0.163 e. The second-order valence-corrected chi connectivity index (χ2v) is 15.3. The lowest BCUT2D eigenvalue weighted by atomic mass is 9.97. The third kappa shape index (κ3) is 11.5. The first kappa shape index (κ1) is 43.1. The first-order chi connectivity index (χ1) is 27.9. The van der Waals surface area contributed by atoms with E-state index in [4.69, 9.17) is 23.9 Å². The lowest BCUT2D eigenvalue weighted by Crippen LogP contribution is -2.15. The molecule has 0 radical (unpaired) electrons. The molecule has 5 aromatic rings. The predicted molar refractivity (Wildman–Crippen MR) is 240 cm³/mol. The minimum absolute atomic E-state index is 0.101. The van der Waals surface area contributed by atoms with Crippen molar-refractivity contribution in [3.05, 3.63) is 142 Å². The quantitative estimate of drug-likeness (QED) is 0.0600. The molecule has 0 aliphatic rings. The van der Waals surface area contributed by atoms with Crippen LogP contribution in [0.4, 0.5) is 17.1 Å².